The summed E-state index contributed by atoms with van der Waals surface area (Å²) in [6.45, 7) is 4.15. The Morgan fingerprint density at radius 3 is 2.31 bits per heavy atom. The van der Waals surface area contributed by atoms with E-state index in [2.05, 4.69) is 0 Å². The summed E-state index contributed by atoms with van der Waals surface area (Å²) in [4.78, 5) is 0. The van der Waals surface area contributed by atoms with Crippen molar-refractivity contribution in [3.8, 4) is 11.5 Å². The molecule has 88 valence electrons. The first-order valence-corrected chi connectivity index (χ1v) is 5.05. The summed E-state index contributed by atoms with van der Waals surface area (Å²) in [5, 5.41) is 18.2. The summed E-state index contributed by atoms with van der Waals surface area (Å²) in [6.07, 6.45) is 0. The first kappa shape index (κ1) is 12.8. The molecule has 1 aromatic rings. The Labute approximate surface area is 93.8 Å². The maximum Gasteiger partial charge on any atom is 0.492 e. The predicted molar refractivity (Wildman–Crippen MR) is 58.6 cm³/mol. The molecule has 0 aromatic heterocycles. The molecular formula is C10H14BFO4. The van der Waals surface area contributed by atoms with Crippen molar-refractivity contribution in [2.24, 2.45) is 0 Å². The molecule has 0 saturated heterocycles. The van der Waals surface area contributed by atoms with Crippen molar-refractivity contribution < 1.29 is 23.9 Å². The minimum Gasteiger partial charge on any atom is -0.490 e. The molecule has 16 heavy (non-hydrogen) atoms. The molecule has 1 rings (SSSR count). The van der Waals surface area contributed by atoms with Gasteiger partial charge >= 0.3 is 7.12 Å². The van der Waals surface area contributed by atoms with E-state index in [1.807, 2.05) is 0 Å². The molecule has 0 radical (unpaired) electrons. The van der Waals surface area contributed by atoms with Gasteiger partial charge in [-0.2, -0.15) is 0 Å². The summed E-state index contributed by atoms with van der Waals surface area (Å²) in [6, 6.07) is 2.17. The van der Waals surface area contributed by atoms with E-state index >= 15 is 0 Å². The Morgan fingerprint density at radius 2 is 1.81 bits per heavy atom. The fourth-order valence-corrected chi connectivity index (χ4v) is 1.34. The van der Waals surface area contributed by atoms with Gasteiger partial charge in [0.25, 0.3) is 0 Å². The lowest BCUT2D eigenvalue weighted by Crippen LogP contribution is -2.32. The molecule has 2 N–H and O–H groups in total. The number of halogens is 1. The molecule has 0 spiro atoms. The number of hydrogen-bond donors (Lipinski definition) is 2. The van der Waals surface area contributed by atoms with Crippen molar-refractivity contribution in [3.05, 3.63) is 17.9 Å². The van der Waals surface area contributed by atoms with Crippen molar-refractivity contribution >= 4 is 12.6 Å². The zero-order chi connectivity index (χ0) is 12.1. The molecule has 0 unspecified atom stereocenters. The van der Waals surface area contributed by atoms with Crippen LogP contribution >= 0.6 is 0 Å². The Morgan fingerprint density at radius 1 is 1.19 bits per heavy atom. The van der Waals surface area contributed by atoms with Gasteiger partial charge in [-0.1, -0.05) is 0 Å². The van der Waals surface area contributed by atoms with Gasteiger partial charge in [-0.25, -0.2) is 4.39 Å². The highest BCUT2D eigenvalue weighted by Crippen LogP contribution is 2.26. The van der Waals surface area contributed by atoms with Gasteiger partial charge in [-0.05, 0) is 19.9 Å². The number of benzene rings is 1. The molecule has 0 amide bonds. The van der Waals surface area contributed by atoms with Gasteiger partial charge in [0.1, 0.15) is 5.82 Å². The van der Waals surface area contributed by atoms with Crippen molar-refractivity contribution in [2.45, 2.75) is 13.8 Å². The molecule has 0 aliphatic carbocycles. The van der Waals surface area contributed by atoms with Crippen LogP contribution in [0.5, 0.6) is 11.5 Å². The average Bonchev–Trinajstić information content (AvgIpc) is 2.21. The summed E-state index contributed by atoms with van der Waals surface area (Å²) in [5.41, 5.74) is -0.0368. The molecule has 0 fully saturated rings. The SMILES string of the molecule is CCOc1cc(F)cc(B(O)O)c1OCC. The van der Waals surface area contributed by atoms with Crippen LogP contribution in [0.25, 0.3) is 0 Å². The second-order valence-corrected chi connectivity index (χ2v) is 3.06. The molecule has 0 bridgehead atoms. The molecule has 1 aromatic carbocycles. The monoisotopic (exact) mass is 228 g/mol. The largest absolute Gasteiger partial charge is 0.492 e. The molecule has 6 heteroatoms. The van der Waals surface area contributed by atoms with Crippen LogP contribution in [-0.2, 0) is 0 Å². The predicted octanol–water partition coefficient (Wildman–Crippen LogP) is 0.303. The molecular weight excluding hydrogens is 214 g/mol. The second kappa shape index (κ2) is 5.72. The molecule has 0 heterocycles. The lowest BCUT2D eigenvalue weighted by Gasteiger charge is -2.14. The van der Waals surface area contributed by atoms with Crippen LogP contribution in [0.4, 0.5) is 4.39 Å². The summed E-state index contributed by atoms with van der Waals surface area (Å²) in [7, 11) is -1.79. The maximum absolute atomic E-state index is 13.2. The second-order valence-electron chi connectivity index (χ2n) is 3.06. The van der Waals surface area contributed by atoms with E-state index in [9.17, 15) is 4.39 Å². The normalized spacial score (nSPS) is 10.1. The molecule has 0 aliphatic heterocycles. The summed E-state index contributed by atoms with van der Waals surface area (Å²) >= 11 is 0. The highest BCUT2D eigenvalue weighted by Gasteiger charge is 2.22. The van der Waals surface area contributed by atoms with E-state index in [0.717, 1.165) is 12.1 Å². The Bertz CT molecular complexity index is 357. The quantitative estimate of drug-likeness (QED) is 0.711. The zero-order valence-corrected chi connectivity index (χ0v) is 9.24. The van der Waals surface area contributed by atoms with E-state index in [1.165, 1.54) is 0 Å². The van der Waals surface area contributed by atoms with Crippen LogP contribution in [0.15, 0.2) is 12.1 Å². The fraction of sp³-hybridized carbons (Fsp3) is 0.400. The third kappa shape index (κ3) is 2.87. The van der Waals surface area contributed by atoms with Crippen LogP contribution in [0.3, 0.4) is 0 Å². The van der Waals surface area contributed by atoms with Gasteiger partial charge in [0.2, 0.25) is 0 Å². The number of hydrogen-bond acceptors (Lipinski definition) is 4. The zero-order valence-electron chi connectivity index (χ0n) is 9.24. The van der Waals surface area contributed by atoms with Gasteiger partial charge < -0.3 is 19.5 Å². The van der Waals surface area contributed by atoms with E-state index in [1.54, 1.807) is 13.8 Å². The highest BCUT2D eigenvalue weighted by atomic mass is 19.1. The van der Waals surface area contributed by atoms with Gasteiger partial charge in [-0.15, -0.1) is 0 Å². The van der Waals surface area contributed by atoms with Crippen molar-refractivity contribution in [1.29, 1.82) is 0 Å². The van der Waals surface area contributed by atoms with Gasteiger partial charge in [0, 0.05) is 11.5 Å². The molecule has 0 aliphatic rings. The maximum atomic E-state index is 13.2. The number of ether oxygens (including phenoxy) is 2. The van der Waals surface area contributed by atoms with E-state index in [-0.39, 0.29) is 17.0 Å². The van der Waals surface area contributed by atoms with Crippen LogP contribution in [-0.4, -0.2) is 30.4 Å². The Hall–Kier alpha value is -1.27. The van der Waals surface area contributed by atoms with E-state index in [4.69, 9.17) is 19.5 Å². The van der Waals surface area contributed by atoms with Gasteiger partial charge in [0.05, 0.1) is 13.2 Å². The van der Waals surface area contributed by atoms with Crippen LogP contribution in [0, 0.1) is 5.82 Å². The Balaban J connectivity index is 3.23. The van der Waals surface area contributed by atoms with Gasteiger partial charge in [-0.3, -0.25) is 0 Å². The average molecular weight is 228 g/mol. The third-order valence-corrected chi connectivity index (χ3v) is 1.92. The number of rotatable bonds is 5. The molecule has 0 atom stereocenters. The minimum atomic E-state index is -1.79. The fourth-order valence-electron chi connectivity index (χ4n) is 1.34. The summed E-state index contributed by atoms with van der Waals surface area (Å²) < 4.78 is 23.6. The smallest absolute Gasteiger partial charge is 0.490 e. The molecule has 4 nitrogen and oxygen atoms in total. The lowest BCUT2D eigenvalue weighted by atomic mass is 9.79. The Kier molecular flexibility index (Phi) is 4.58. The van der Waals surface area contributed by atoms with Crippen molar-refractivity contribution in [3.63, 3.8) is 0 Å². The van der Waals surface area contributed by atoms with Crippen molar-refractivity contribution in [2.75, 3.05) is 13.2 Å². The topological polar surface area (TPSA) is 58.9 Å². The van der Waals surface area contributed by atoms with Gasteiger partial charge in [0.15, 0.2) is 11.5 Å². The van der Waals surface area contributed by atoms with E-state index in [0.29, 0.717) is 13.2 Å². The van der Waals surface area contributed by atoms with Crippen LogP contribution in [0.2, 0.25) is 0 Å². The molecule has 0 saturated carbocycles. The summed E-state index contributed by atoms with van der Waals surface area (Å²) in [5.74, 6) is -0.261. The van der Waals surface area contributed by atoms with E-state index < -0.39 is 12.9 Å². The highest BCUT2D eigenvalue weighted by molar-refractivity contribution is 6.59. The van der Waals surface area contributed by atoms with Crippen LogP contribution < -0.4 is 14.9 Å². The van der Waals surface area contributed by atoms with Crippen LogP contribution in [0.1, 0.15) is 13.8 Å². The third-order valence-electron chi connectivity index (χ3n) is 1.92. The minimum absolute atomic E-state index is 0.0368. The standard InChI is InChI=1S/C10H14BFO4/c1-3-15-9-6-7(12)5-8(11(13)14)10(9)16-4-2/h5-6,13-14H,3-4H2,1-2H3. The lowest BCUT2D eigenvalue weighted by molar-refractivity contribution is 0.286. The van der Waals surface area contributed by atoms with Crippen molar-refractivity contribution in [1.82, 2.24) is 0 Å². The first-order chi connectivity index (χ1) is 7.60. The first-order valence-electron chi connectivity index (χ1n) is 5.05.